The van der Waals surface area contributed by atoms with Crippen molar-refractivity contribution in [2.45, 2.75) is 19.8 Å². The van der Waals surface area contributed by atoms with Crippen LogP contribution in [-0.4, -0.2) is 17.4 Å². The molecule has 1 aromatic carbocycles. The molecule has 0 radical (unpaired) electrons. The van der Waals surface area contributed by atoms with E-state index in [-0.39, 0.29) is 5.91 Å². The molecule has 1 amide bonds. The summed E-state index contributed by atoms with van der Waals surface area (Å²) in [7, 11) is 0. The fraction of sp³-hybridized carbons (Fsp3) is 0.333. The van der Waals surface area contributed by atoms with Gasteiger partial charge in [-0.15, -0.1) is 0 Å². The first-order valence-electron chi connectivity index (χ1n) is 6.53. The summed E-state index contributed by atoms with van der Waals surface area (Å²) in [6.07, 6.45) is 4.84. The second-order valence-electron chi connectivity index (χ2n) is 4.83. The highest BCUT2D eigenvalue weighted by molar-refractivity contribution is 6.01. The molecule has 1 heterocycles. The van der Waals surface area contributed by atoms with E-state index in [0.29, 0.717) is 18.9 Å². The molecule has 0 saturated heterocycles. The van der Waals surface area contributed by atoms with Gasteiger partial charge in [-0.05, 0) is 31.0 Å². The standard InChI is InChI=1S/C15H19N3O/c1-11(9-16)5-6-15(19)18-14-4-2-3-12-10-17-8-7-13(12)14/h2-4,7-8,10-11H,5-6,9,16H2,1H3,(H,18,19). The lowest BCUT2D eigenvalue weighted by Gasteiger charge is -2.10. The normalized spacial score (nSPS) is 12.3. The summed E-state index contributed by atoms with van der Waals surface area (Å²) in [4.78, 5) is 16.0. The molecular formula is C15H19N3O. The number of amides is 1. The number of nitrogens with one attached hydrogen (secondary N) is 1. The van der Waals surface area contributed by atoms with E-state index in [1.54, 1.807) is 12.4 Å². The molecule has 1 aromatic heterocycles. The van der Waals surface area contributed by atoms with Gasteiger partial charge in [0.1, 0.15) is 0 Å². The first-order chi connectivity index (χ1) is 9.20. The van der Waals surface area contributed by atoms with Gasteiger partial charge in [0.05, 0.1) is 0 Å². The van der Waals surface area contributed by atoms with Crippen molar-refractivity contribution in [1.82, 2.24) is 4.98 Å². The topological polar surface area (TPSA) is 68.0 Å². The Labute approximate surface area is 113 Å². The third-order valence-electron chi connectivity index (χ3n) is 3.22. The zero-order chi connectivity index (χ0) is 13.7. The summed E-state index contributed by atoms with van der Waals surface area (Å²) >= 11 is 0. The molecule has 0 fully saturated rings. The number of benzene rings is 1. The van der Waals surface area contributed by atoms with Crippen molar-refractivity contribution in [3.63, 3.8) is 0 Å². The lowest BCUT2D eigenvalue weighted by atomic mass is 10.1. The predicted octanol–water partition coefficient (Wildman–Crippen LogP) is 2.55. The molecule has 2 rings (SSSR count). The van der Waals surface area contributed by atoms with Crippen molar-refractivity contribution in [1.29, 1.82) is 0 Å². The summed E-state index contributed by atoms with van der Waals surface area (Å²) in [6.45, 7) is 2.67. The minimum Gasteiger partial charge on any atom is -0.330 e. The van der Waals surface area contributed by atoms with Crippen LogP contribution < -0.4 is 11.1 Å². The Morgan fingerprint density at radius 1 is 1.42 bits per heavy atom. The molecule has 0 spiro atoms. The molecule has 1 unspecified atom stereocenters. The maximum Gasteiger partial charge on any atom is 0.224 e. The highest BCUT2D eigenvalue weighted by Crippen LogP contribution is 2.22. The highest BCUT2D eigenvalue weighted by Gasteiger charge is 2.07. The second-order valence-corrected chi connectivity index (χ2v) is 4.83. The van der Waals surface area contributed by atoms with E-state index >= 15 is 0 Å². The molecular weight excluding hydrogens is 238 g/mol. The smallest absolute Gasteiger partial charge is 0.224 e. The zero-order valence-corrected chi connectivity index (χ0v) is 11.1. The number of fused-ring (bicyclic) bond motifs is 1. The summed E-state index contributed by atoms with van der Waals surface area (Å²) < 4.78 is 0. The van der Waals surface area contributed by atoms with Gasteiger partial charge in [-0.1, -0.05) is 19.1 Å². The Bertz CT molecular complexity index is 563. The molecule has 4 heteroatoms. The SMILES string of the molecule is CC(CN)CCC(=O)Nc1cccc2cnccc12. The first kappa shape index (κ1) is 13.5. The van der Waals surface area contributed by atoms with Crippen LogP contribution in [0.3, 0.4) is 0 Å². The zero-order valence-electron chi connectivity index (χ0n) is 11.1. The van der Waals surface area contributed by atoms with Crippen molar-refractivity contribution in [3.05, 3.63) is 36.7 Å². The average molecular weight is 257 g/mol. The molecule has 3 N–H and O–H groups in total. The lowest BCUT2D eigenvalue weighted by molar-refractivity contribution is -0.116. The predicted molar refractivity (Wildman–Crippen MR) is 77.8 cm³/mol. The van der Waals surface area contributed by atoms with Crippen molar-refractivity contribution < 1.29 is 4.79 Å². The van der Waals surface area contributed by atoms with E-state index in [2.05, 4.69) is 17.2 Å². The van der Waals surface area contributed by atoms with E-state index in [1.165, 1.54) is 0 Å². The molecule has 0 aliphatic heterocycles. The van der Waals surface area contributed by atoms with E-state index in [9.17, 15) is 4.79 Å². The Kier molecular flexibility index (Phi) is 4.47. The fourth-order valence-electron chi connectivity index (χ4n) is 1.94. The van der Waals surface area contributed by atoms with Gasteiger partial charge < -0.3 is 11.1 Å². The van der Waals surface area contributed by atoms with Crippen LogP contribution in [0.1, 0.15) is 19.8 Å². The summed E-state index contributed by atoms with van der Waals surface area (Å²) in [5.74, 6) is 0.409. The van der Waals surface area contributed by atoms with Gasteiger partial charge in [0.25, 0.3) is 0 Å². The number of nitrogens with zero attached hydrogens (tertiary/aromatic N) is 1. The average Bonchev–Trinajstić information content (AvgIpc) is 2.45. The Balaban J connectivity index is 2.07. The molecule has 0 bridgehead atoms. The quantitative estimate of drug-likeness (QED) is 0.865. The number of hydrogen-bond donors (Lipinski definition) is 2. The molecule has 19 heavy (non-hydrogen) atoms. The van der Waals surface area contributed by atoms with Crippen LogP contribution in [0.2, 0.25) is 0 Å². The summed E-state index contributed by atoms with van der Waals surface area (Å²) in [5, 5.41) is 4.99. The van der Waals surface area contributed by atoms with Gasteiger partial charge in [-0.3, -0.25) is 9.78 Å². The molecule has 2 aromatic rings. The third-order valence-corrected chi connectivity index (χ3v) is 3.22. The highest BCUT2D eigenvalue weighted by atomic mass is 16.1. The molecule has 4 nitrogen and oxygen atoms in total. The molecule has 100 valence electrons. The Morgan fingerprint density at radius 2 is 2.26 bits per heavy atom. The van der Waals surface area contributed by atoms with Gasteiger partial charge in [0, 0.05) is 35.3 Å². The minimum atomic E-state index is 0.0320. The van der Waals surface area contributed by atoms with Gasteiger partial charge >= 0.3 is 0 Å². The number of anilines is 1. The number of rotatable bonds is 5. The van der Waals surface area contributed by atoms with Crippen LogP contribution in [0.15, 0.2) is 36.7 Å². The molecule has 0 aliphatic rings. The van der Waals surface area contributed by atoms with Gasteiger partial charge in [-0.25, -0.2) is 0 Å². The van der Waals surface area contributed by atoms with E-state index in [1.807, 2.05) is 24.3 Å². The monoisotopic (exact) mass is 257 g/mol. The minimum absolute atomic E-state index is 0.0320. The third kappa shape index (κ3) is 3.51. The van der Waals surface area contributed by atoms with Crippen molar-refractivity contribution in [2.75, 3.05) is 11.9 Å². The number of nitrogens with two attached hydrogens (primary N) is 1. The van der Waals surface area contributed by atoms with Crippen LogP contribution in [0.25, 0.3) is 10.8 Å². The maximum absolute atomic E-state index is 11.9. The van der Waals surface area contributed by atoms with Crippen LogP contribution in [0.5, 0.6) is 0 Å². The number of carbonyl (C=O) groups is 1. The van der Waals surface area contributed by atoms with Crippen LogP contribution in [-0.2, 0) is 4.79 Å². The van der Waals surface area contributed by atoms with Crippen LogP contribution >= 0.6 is 0 Å². The second kappa shape index (κ2) is 6.29. The Hall–Kier alpha value is -1.94. The summed E-state index contributed by atoms with van der Waals surface area (Å²) in [6, 6.07) is 7.72. The van der Waals surface area contributed by atoms with E-state index in [0.717, 1.165) is 22.9 Å². The number of pyridine rings is 1. The van der Waals surface area contributed by atoms with Crippen molar-refractivity contribution in [3.8, 4) is 0 Å². The van der Waals surface area contributed by atoms with E-state index in [4.69, 9.17) is 5.73 Å². The van der Waals surface area contributed by atoms with Crippen LogP contribution in [0.4, 0.5) is 5.69 Å². The van der Waals surface area contributed by atoms with E-state index < -0.39 is 0 Å². The molecule has 0 saturated carbocycles. The van der Waals surface area contributed by atoms with Crippen molar-refractivity contribution in [2.24, 2.45) is 11.7 Å². The van der Waals surface area contributed by atoms with Crippen LogP contribution in [0, 0.1) is 5.92 Å². The Morgan fingerprint density at radius 3 is 3.05 bits per heavy atom. The maximum atomic E-state index is 11.9. The number of carbonyl (C=O) groups excluding carboxylic acids is 1. The fourth-order valence-corrected chi connectivity index (χ4v) is 1.94. The largest absolute Gasteiger partial charge is 0.330 e. The van der Waals surface area contributed by atoms with Crippen molar-refractivity contribution >= 4 is 22.4 Å². The summed E-state index contributed by atoms with van der Waals surface area (Å²) in [5.41, 5.74) is 6.38. The van der Waals surface area contributed by atoms with Gasteiger partial charge in [0.15, 0.2) is 0 Å². The first-order valence-corrected chi connectivity index (χ1v) is 6.53. The molecule has 1 atom stereocenters. The molecule has 0 aliphatic carbocycles. The van der Waals surface area contributed by atoms with Gasteiger partial charge in [-0.2, -0.15) is 0 Å². The van der Waals surface area contributed by atoms with Gasteiger partial charge in [0.2, 0.25) is 5.91 Å². The number of hydrogen-bond acceptors (Lipinski definition) is 3. The lowest BCUT2D eigenvalue weighted by Crippen LogP contribution is -2.16. The number of aromatic nitrogens is 1.